The highest BCUT2D eigenvalue weighted by Gasteiger charge is 2.23. The Balaban J connectivity index is 1.88. The molecule has 1 aliphatic heterocycles. The van der Waals surface area contributed by atoms with Crippen molar-refractivity contribution < 1.29 is 4.79 Å². The van der Waals surface area contributed by atoms with Crippen molar-refractivity contribution in [2.24, 2.45) is 4.99 Å². The summed E-state index contributed by atoms with van der Waals surface area (Å²) in [5.74, 6) is 0.312. The van der Waals surface area contributed by atoms with Crippen molar-refractivity contribution in [3.8, 4) is 0 Å². The summed E-state index contributed by atoms with van der Waals surface area (Å²) in [6, 6.07) is 14.9. The number of nitrogens with one attached hydrogen (secondary N) is 1. The first kappa shape index (κ1) is 11.2. The highest BCUT2D eigenvalue weighted by Crippen LogP contribution is 2.26. The van der Waals surface area contributed by atoms with E-state index in [9.17, 15) is 4.79 Å². The lowest BCUT2D eigenvalue weighted by Crippen LogP contribution is -2.19. The largest absolute Gasteiger partial charge is 0.337 e. The van der Waals surface area contributed by atoms with E-state index >= 15 is 0 Å². The summed E-state index contributed by atoms with van der Waals surface area (Å²) < 4.78 is 0.996. The van der Waals surface area contributed by atoms with Gasteiger partial charge < -0.3 is 5.32 Å². The standard InChI is InChI=1S/C14H9BrN2O/c15-9-5-7-10(8-6-9)16-14-13(18)11-3-1-2-4-12(11)17-14/h1-8H,(H,16,17,18). The molecule has 0 atom stereocenters. The third-order valence-electron chi connectivity index (χ3n) is 2.70. The van der Waals surface area contributed by atoms with Crippen LogP contribution in [0.4, 0.5) is 11.4 Å². The fraction of sp³-hybridized carbons (Fsp3) is 0. The molecule has 3 rings (SSSR count). The minimum Gasteiger partial charge on any atom is -0.337 e. The lowest BCUT2D eigenvalue weighted by Gasteiger charge is -2.04. The molecule has 1 N–H and O–H groups in total. The molecule has 0 radical (unpaired) electrons. The molecule has 1 heterocycles. The van der Waals surface area contributed by atoms with Gasteiger partial charge in [0.25, 0.3) is 0 Å². The van der Waals surface area contributed by atoms with Gasteiger partial charge >= 0.3 is 0 Å². The number of halogens is 1. The number of para-hydroxylation sites is 1. The van der Waals surface area contributed by atoms with Gasteiger partial charge in [-0.1, -0.05) is 28.1 Å². The Hall–Kier alpha value is -1.94. The smallest absolute Gasteiger partial charge is 0.230 e. The zero-order valence-electron chi connectivity index (χ0n) is 9.35. The second-order valence-corrected chi connectivity index (χ2v) is 4.85. The number of Topliss-reactive ketones (excluding diaryl/α,β-unsaturated/α-hetero) is 1. The summed E-state index contributed by atoms with van der Waals surface area (Å²) in [6.07, 6.45) is 0. The van der Waals surface area contributed by atoms with Crippen molar-refractivity contribution in [2.75, 3.05) is 5.32 Å². The van der Waals surface area contributed by atoms with Crippen LogP contribution in [0.2, 0.25) is 0 Å². The maximum absolute atomic E-state index is 12.1. The number of amidine groups is 1. The highest BCUT2D eigenvalue weighted by atomic mass is 79.9. The molecular weight excluding hydrogens is 292 g/mol. The first-order chi connectivity index (χ1) is 8.74. The summed E-state index contributed by atoms with van der Waals surface area (Å²) in [4.78, 5) is 16.4. The minimum atomic E-state index is -0.0616. The molecule has 0 spiro atoms. The molecule has 2 aromatic rings. The van der Waals surface area contributed by atoms with Crippen molar-refractivity contribution in [1.29, 1.82) is 0 Å². The molecule has 0 fully saturated rings. The van der Waals surface area contributed by atoms with Crippen LogP contribution in [0.15, 0.2) is 58.0 Å². The van der Waals surface area contributed by atoms with Crippen molar-refractivity contribution >= 4 is 38.9 Å². The Labute approximate surface area is 113 Å². The molecule has 0 saturated heterocycles. The van der Waals surface area contributed by atoms with Crippen LogP contribution in [-0.2, 0) is 0 Å². The monoisotopic (exact) mass is 300 g/mol. The van der Waals surface area contributed by atoms with E-state index < -0.39 is 0 Å². The van der Waals surface area contributed by atoms with Gasteiger partial charge in [-0.15, -0.1) is 0 Å². The number of carbonyl (C=O) groups is 1. The van der Waals surface area contributed by atoms with E-state index in [4.69, 9.17) is 0 Å². The molecule has 0 aliphatic carbocycles. The predicted octanol–water partition coefficient (Wildman–Crippen LogP) is 3.79. The lowest BCUT2D eigenvalue weighted by atomic mass is 10.1. The van der Waals surface area contributed by atoms with Gasteiger partial charge in [-0.3, -0.25) is 4.79 Å². The van der Waals surface area contributed by atoms with Gasteiger partial charge in [0.2, 0.25) is 5.78 Å². The van der Waals surface area contributed by atoms with Crippen LogP contribution >= 0.6 is 15.9 Å². The topological polar surface area (TPSA) is 41.5 Å². The molecule has 0 aromatic heterocycles. The number of benzene rings is 2. The van der Waals surface area contributed by atoms with Crippen molar-refractivity contribution in [2.45, 2.75) is 0 Å². The average Bonchev–Trinajstić information content (AvgIpc) is 2.70. The van der Waals surface area contributed by atoms with Crippen LogP contribution < -0.4 is 5.32 Å². The van der Waals surface area contributed by atoms with Crippen LogP contribution in [0, 0.1) is 0 Å². The van der Waals surface area contributed by atoms with Crippen molar-refractivity contribution in [3.05, 3.63) is 58.6 Å². The molecule has 0 amide bonds. The molecule has 88 valence electrons. The quantitative estimate of drug-likeness (QED) is 0.870. The van der Waals surface area contributed by atoms with E-state index in [0.717, 1.165) is 15.8 Å². The Kier molecular flexibility index (Phi) is 2.72. The molecule has 0 bridgehead atoms. The second-order valence-electron chi connectivity index (χ2n) is 3.94. The molecule has 0 unspecified atom stereocenters. The van der Waals surface area contributed by atoms with Crippen LogP contribution in [-0.4, -0.2) is 11.6 Å². The number of ketones is 1. The van der Waals surface area contributed by atoms with Gasteiger partial charge in [-0.2, -0.15) is 0 Å². The maximum atomic E-state index is 12.1. The van der Waals surface area contributed by atoms with Gasteiger partial charge in [0, 0.05) is 10.2 Å². The van der Waals surface area contributed by atoms with Crippen LogP contribution in [0.5, 0.6) is 0 Å². The zero-order chi connectivity index (χ0) is 12.5. The number of hydrogen-bond acceptors (Lipinski definition) is 3. The number of nitrogens with zero attached hydrogens (tertiary/aromatic N) is 1. The van der Waals surface area contributed by atoms with Crippen LogP contribution in [0.1, 0.15) is 10.4 Å². The van der Waals surface area contributed by atoms with E-state index in [-0.39, 0.29) is 5.78 Å². The normalized spacial score (nSPS) is 13.2. The first-order valence-electron chi connectivity index (χ1n) is 5.49. The third-order valence-corrected chi connectivity index (χ3v) is 3.23. The van der Waals surface area contributed by atoms with Crippen LogP contribution in [0.3, 0.4) is 0 Å². The Morgan fingerprint density at radius 2 is 1.72 bits per heavy atom. The number of hydrogen-bond donors (Lipinski definition) is 1. The van der Waals surface area contributed by atoms with Gasteiger partial charge in [0.15, 0.2) is 5.84 Å². The molecular formula is C14H9BrN2O. The summed E-state index contributed by atoms with van der Waals surface area (Å²) in [7, 11) is 0. The Morgan fingerprint density at radius 1 is 1.00 bits per heavy atom. The summed E-state index contributed by atoms with van der Waals surface area (Å²) >= 11 is 3.37. The van der Waals surface area contributed by atoms with Gasteiger partial charge in [0.05, 0.1) is 11.3 Å². The van der Waals surface area contributed by atoms with Crippen LogP contribution in [0.25, 0.3) is 0 Å². The highest BCUT2D eigenvalue weighted by molar-refractivity contribution is 9.10. The zero-order valence-corrected chi connectivity index (χ0v) is 10.9. The molecule has 3 nitrogen and oxygen atoms in total. The number of fused-ring (bicyclic) bond motifs is 1. The third kappa shape index (κ3) is 1.95. The summed E-state index contributed by atoms with van der Waals surface area (Å²) in [5.41, 5.74) is 2.22. The summed E-state index contributed by atoms with van der Waals surface area (Å²) in [5, 5.41) is 3.04. The first-order valence-corrected chi connectivity index (χ1v) is 6.28. The van der Waals surface area contributed by atoms with E-state index in [2.05, 4.69) is 26.2 Å². The second kappa shape index (κ2) is 4.38. The molecule has 1 aliphatic rings. The number of carbonyl (C=O) groups excluding carboxylic acids is 1. The molecule has 4 heteroatoms. The number of anilines is 1. The molecule has 18 heavy (non-hydrogen) atoms. The Morgan fingerprint density at radius 3 is 2.44 bits per heavy atom. The maximum Gasteiger partial charge on any atom is 0.230 e. The van der Waals surface area contributed by atoms with E-state index in [1.54, 1.807) is 6.07 Å². The Bertz CT molecular complexity index is 647. The lowest BCUT2D eigenvalue weighted by molar-refractivity contribution is 0.106. The van der Waals surface area contributed by atoms with Gasteiger partial charge in [-0.05, 0) is 36.4 Å². The number of aliphatic imine (C=N–C) groups is 1. The van der Waals surface area contributed by atoms with E-state index in [1.807, 2.05) is 42.5 Å². The fourth-order valence-electron chi connectivity index (χ4n) is 1.82. The minimum absolute atomic E-state index is 0.0616. The summed E-state index contributed by atoms with van der Waals surface area (Å²) in [6.45, 7) is 0. The fourth-order valence-corrected chi connectivity index (χ4v) is 2.08. The van der Waals surface area contributed by atoms with Gasteiger partial charge in [-0.25, -0.2) is 4.99 Å². The number of rotatable bonds is 1. The van der Waals surface area contributed by atoms with Crippen molar-refractivity contribution in [3.63, 3.8) is 0 Å². The van der Waals surface area contributed by atoms with E-state index in [0.29, 0.717) is 11.4 Å². The molecule has 2 aromatic carbocycles. The van der Waals surface area contributed by atoms with E-state index in [1.165, 1.54) is 0 Å². The average molecular weight is 301 g/mol. The van der Waals surface area contributed by atoms with Gasteiger partial charge in [0.1, 0.15) is 0 Å². The predicted molar refractivity (Wildman–Crippen MR) is 75.6 cm³/mol. The molecule has 0 saturated carbocycles. The SMILES string of the molecule is O=C1C(Nc2ccc(Br)cc2)=Nc2ccccc21. The van der Waals surface area contributed by atoms with Crippen molar-refractivity contribution in [1.82, 2.24) is 0 Å².